The second kappa shape index (κ2) is 8.31. The molecular formula is C20H19F3N2O5. The Balaban J connectivity index is 1.94. The van der Waals surface area contributed by atoms with E-state index in [2.05, 4.69) is 5.32 Å². The number of non-ortho nitro benzene ring substituents is 1. The maximum Gasteiger partial charge on any atom is 0.420 e. The number of ether oxygens (including phenoxy) is 2. The van der Waals surface area contributed by atoms with Gasteiger partial charge in [-0.15, -0.1) is 0 Å². The SMILES string of the molecule is COc1ccc(NC(=O)C2(c3ccc([N+](=O)[O-])cc3)CCOCC2)cc1C(F)(F)F. The molecule has 1 aliphatic heterocycles. The highest BCUT2D eigenvalue weighted by atomic mass is 19.4. The number of methoxy groups -OCH3 is 1. The average Bonchev–Trinajstić information content (AvgIpc) is 2.73. The number of alkyl halides is 3. The van der Waals surface area contributed by atoms with E-state index in [1.807, 2.05) is 0 Å². The predicted molar refractivity (Wildman–Crippen MR) is 101 cm³/mol. The molecule has 1 fully saturated rings. The second-order valence-electron chi connectivity index (χ2n) is 6.87. The van der Waals surface area contributed by atoms with Crippen molar-refractivity contribution in [1.82, 2.24) is 0 Å². The maximum absolute atomic E-state index is 13.3. The van der Waals surface area contributed by atoms with Crippen molar-refractivity contribution in [2.75, 3.05) is 25.6 Å². The third-order valence-corrected chi connectivity index (χ3v) is 5.17. The number of nitrogens with one attached hydrogen (secondary N) is 1. The number of hydrogen-bond donors (Lipinski definition) is 1. The van der Waals surface area contributed by atoms with E-state index in [4.69, 9.17) is 9.47 Å². The Hall–Kier alpha value is -3.14. The van der Waals surface area contributed by atoms with Gasteiger partial charge in [0.05, 0.1) is 23.0 Å². The van der Waals surface area contributed by atoms with Gasteiger partial charge in [0.25, 0.3) is 5.69 Å². The molecule has 30 heavy (non-hydrogen) atoms. The first-order valence-electron chi connectivity index (χ1n) is 9.07. The van der Waals surface area contributed by atoms with Gasteiger partial charge in [0.2, 0.25) is 5.91 Å². The Labute approximate surface area is 169 Å². The summed E-state index contributed by atoms with van der Waals surface area (Å²) < 4.78 is 50.0. The van der Waals surface area contributed by atoms with E-state index in [1.54, 1.807) is 0 Å². The Kier molecular flexibility index (Phi) is 5.97. The predicted octanol–water partition coefficient (Wildman–Crippen LogP) is 4.31. The van der Waals surface area contributed by atoms with Crippen molar-refractivity contribution >= 4 is 17.3 Å². The first-order valence-corrected chi connectivity index (χ1v) is 9.07. The van der Waals surface area contributed by atoms with Gasteiger partial charge in [0, 0.05) is 31.0 Å². The van der Waals surface area contributed by atoms with Crippen molar-refractivity contribution in [2.24, 2.45) is 0 Å². The minimum Gasteiger partial charge on any atom is -0.496 e. The highest BCUT2D eigenvalue weighted by Gasteiger charge is 2.42. The van der Waals surface area contributed by atoms with Crippen LogP contribution in [0.4, 0.5) is 24.5 Å². The van der Waals surface area contributed by atoms with Gasteiger partial charge in [-0.3, -0.25) is 14.9 Å². The molecule has 1 aliphatic rings. The van der Waals surface area contributed by atoms with E-state index in [9.17, 15) is 28.1 Å². The largest absolute Gasteiger partial charge is 0.496 e. The molecule has 0 aliphatic carbocycles. The van der Waals surface area contributed by atoms with Crippen LogP contribution in [0.5, 0.6) is 5.75 Å². The molecule has 0 saturated carbocycles. The molecule has 1 heterocycles. The summed E-state index contributed by atoms with van der Waals surface area (Å²) in [4.78, 5) is 23.6. The lowest BCUT2D eigenvalue weighted by atomic mass is 9.73. The number of anilines is 1. The van der Waals surface area contributed by atoms with Gasteiger partial charge in [-0.2, -0.15) is 13.2 Å². The molecule has 0 unspecified atom stereocenters. The number of halogens is 3. The smallest absolute Gasteiger partial charge is 0.420 e. The van der Waals surface area contributed by atoms with Gasteiger partial charge in [0.1, 0.15) is 5.75 Å². The normalized spacial score (nSPS) is 16.0. The van der Waals surface area contributed by atoms with Crippen LogP contribution in [0.1, 0.15) is 24.0 Å². The van der Waals surface area contributed by atoms with Gasteiger partial charge in [0.15, 0.2) is 0 Å². The van der Waals surface area contributed by atoms with Crippen LogP contribution in [0.2, 0.25) is 0 Å². The molecular weight excluding hydrogens is 405 g/mol. The Bertz CT molecular complexity index is 938. The minimum absolute atomic E-state index is 0.0269. The Morgan fingerprint density at radius 3 is 2.33 bits per heavy atom. The zero-order valence-corrected chi connectivity index (χ0v) is 16.0. The standard InChI is InChI=1S/C20H19F3N2O5/c1-29-17-7-4-14(12-16(17)20(21,22)23)24-18(26)19(8-10-30-11-9-19)13-2-5-15(6-3-13)25(27)28/h2-7,12H,8-11H2,1H3,(H,24,26). The number of nitro benzene ring substituents is 1. The molecule has 0 spiro atoms. The zero-order valence-electron chi connectivity index (χ0n) is 16.0. The molecule has 1 saturated heterocycles. The van der Waals surface area contributed by atoms with Crippen LogP contribution in [-0.4, -0.2) is 31.2 Å². The molecule has 0 aromatic heterocycles. The van der Waals surface area contributed by atoms with E-state index >= 15 is 0 Å². The first-order chi connectivity index (χ1) is 14.2. The quantitative estimate of drug-likeness (QED) is 0.571. The number of nitrogens with zero attached hydrogens (tertiary/aromatic N) is 1. The number of rotatable bonds is 5. The number of benzene rings is 2. The third-order valence-electron chi connectivity index (χ3n) is 5.17. The maximum atomic E-state index is 13.3. The van der Waals surface area contributed by atoms with Gasteiger partial charge in [-0.25, -0.2) is 0 Å². The lowest BCUT2D eigenvalue weighted by Crippen LogP contribution is -2.44. The van der Waals surface area contributed by atoms with Gasteiger partial charge in [-0.1, -0.05) is 12.1 Å². The fraction of sp³-hybridized carbons (Fsp3) is 0.350. The summed E-state index contributed by atoms with van der Waals surface area (Å²) in [5, 5.41) is 13.5. The highest BCUT2D eigenvalue weighted by Crippen LogP contribution is 2.40. The lowest BCUT2D eigenvalue weighted by molar-refractivity contribution is -0.384. The molecule has 0 bridgehead atoms. The van der Waals surface area contributed by atoms with E-state index in [-0.39, 0.29) is 30.3 Å². The Morgan fingerprint density at radius 2 is 1.80 bits per heavy atom. The summed E-state index contributed by atoms with van der Waals surface area (Å²) in [6, 6.07) is 8.88. The number of nitro groups is 1. The molecule has 2 aromatic carbocycles. The molecule has 0 atom stereocenters. The van der Waals surface area contributed by atoms with Crippen LogP contribution in [-0.2, 0) is 21.1 Å². The zero-order chi connectivity index (χ0) is 21.9. The summed E-state index contributed by atoms with van der Waals surface area (Å²) in [6.45, 7) is 0.557. The summed E-state index contributed by atoms with van der Waals surface area (Å²) in [7, 11) is 1.13. The molecule has 3 rings (SSSR count). The summed E-state index contributed by atoms with van der Waals surface area (Å²) in [5.74, 6) is -0.852. The van der Waals surface area contributed by atoms with Crippen molar-refractivity contribution in [3.8, 4) is 5.75 Å². The number of carbonyl (C=O) groups excluding carboxylic acids is 1. The topological polar surface area (TPSA) is 90.7 Å². The van der Waals surface area contributed by atoms with Crippen molar-refractivity contribution in [3.05, 3.63) is 63.7 Å². The second-order valence-corrected chi connectivity index (χ2v) is 6.87. The van der Waals surface area contributed by atoms with Gasteiger partial charge >= 0.3 is 6.18 Å². The average molecular weight is 424 g/mol. The molecule has 0 radical (unpaired) electrons. The summed E-state index contributed by atoms with van der Waals surface area (Å²) >= 11 is 0. The van der Waals surface area contributed by atoms with Crippen molar-refractivity contribution in [2.45, 2.75) is 24.4 Å². The van der Waals surface area contributed by atoms with E-state index in [0.717, 1.165) is 19.2 Å². The van der Waals surface area contributed by atoms with Crippen molar-refractivity contribution in [1.29, 1.82) is 0 Å². The fourth-order valence-electron chi connectivity index (χ4n) is 3.53. The third kappa shape index (κ3) is 4.23. The van der Waals surface area contributed by atoms with Crippen LogP contribution in [0, 0.1) is 10.1 Å². The fourth-order valence-corrected chi connectivity index (χ4v) is 3.53. The monoisotopic (exact) mass is 424 g/mol. The van der Waals surface area contributed by atoms with E-state index in [0.29, 0.717) is 18.4 Å². The van der Waals surface area contributed by atoms with Crippen LogP contribution in [0.15, 0.2) is 42.5 Å². The van der Waals surface area contributed by atoms with E-state index in [1.165, 1.54) is 30.3 Å². The minimum atomic E-state index is -4.65. The number of amides is 1. The molecule has 7 nitrogen and oxygen atoms in total. The van der Waals surface area contributed by atoms with Gasteiger partial charge < -0.3 is 14.8 Å². The molecule has 1 amide bonds. The molecule has 1 N–H and O–H groups in total. The summed E-state index contributed by atoms with van der Waals surface area (Å²) in [5.41, 5.74) is -1.68. The van der Waals surface area contributed by atoms with E-state index < -0.39 is 28.0 Å². The summed E-state index contributed by atoms with van der Waals surface area (Å²) in [6.07, 6.45) is -4.07. The van der Waals surface area contributed by atoms with Gasteiger partial charge in [-0.05, 0) is 36.6 Å². The Morgan fingerprint density at radius 1 is 1.17 bits per heavy atom. The number of hydrogen-bond acceptors (Lipinski definition) is 5. The van der Waals surface area contributed by atoms with Crippen LogP contribution in [0.25, 0.3) is 0 Å². The number of carbonyl (C=O) groups is 1. The van der Waals surface area contributed by atoms with Crippen molar-refractivity contribution < 1.29 is 32.4 Å². The molecule has 2 aromatic rings. The van der Waals surface area contributed by atoms with Crippen LogP contribution < -0.4 is 10.1 Å². The van der Waals surface area contributed by atoms with Crippen LogP contribution >= 0.6 is 0 Å². The first kappa shape index (κ1) is 21.6. The van der Waals surface area contributed by atoms with Crippen molar-refractivity contribution in [3.63, 3.8) is 0 Å². The molecule has 160 valence electrons. The highest BCUT2D eigenvalue weighted by molar-refractivity contribution is 5.99. The lowest BCUT2D eigenvalue weighted by Gasteiger charge is -2.36. The van der Waals surface area contributed by atoms with Crippen LogP contribution in [0.3, 0.4) is 0 Å². The molecule has 10 heteroatoms.